The predicted octanol–water partition coefficient (Wildman–Crippen LogP) is 3.79. The van der Waals surface area contributed by atoms with E-state index in [1.54, 1.807) is 12.1 Å². The number of hydrogen-bond acceptors (Lipinski definition) is 3. The number of carbonyl (C=O) groups is 1. The third kappa shape index (κ3) is 4.42. The molecule has 1 N–H and O–H groups in total. The van der Waals surface area contributed by atoms with Crippen molar-refractivity contribution in [3.05, 3.63) is 65.5 Å². The van der Waals surface area contributed by atoms with Crippen molar-refractivity contribution in [1.29, 1.82) is 0 Å². The van der Waals surface area contributed by atoms with E-state index in [1.165, 1.54) is 12.1 Å². The number of amides is 1. The molecule has 0 spiro atoms. The molecule has 2 aromatic carbocycles. The molecule has 0 radical (unpaired) electrons. The summed E-state index contributed by atoms with van der Waals surface area (Å²) in [5.74, 6) is 0.267. The SMILES string of the molecule is Cl.O=C(c1cccc(COc2cccc(F)c2)c1)N1C2CCNCC1CC2. The summed E-state index contributed by atoms with van der Waals surface area (Å²) in [6.07, 6.45) is 3.19. The summed E-state index contributed by atoms with van der Waals surface area (Å²) < 4.78 is 18.9. The average molecular weight is 391 g/mol. The van der Waals surface area contributed by atoms with Gasteiger partial charge in [0.25, 0.3) is 5.91 Å². The summed E-state index contributed by atoms with van der Waals surface area (Å²) in [4.78, 5) is 15.2. The van der Waals surface area contributed by atoms with Gasteiger partial charge in [-0.05, 0) is 55.6 Å². The van der Waals surface area contributed by atoms with Crippen LogP contribution in [0.15, 0.2) is 48.5 Å². The van der Waals surface area contributed by atoms with Gasteiger partial charge in [0, 0.05) is 30.3 Å². The molecule has 144 valence electrons. The molecule has 2 aliphatic rings. The van der Waals surface area contributed by atoms with Gasteiger partial charge in [-0.15, -0.1) is 12.4 Å². The molecule has 2 unspecified atom stereocenters. The average Bonchev–Trinajstić information content (AvgIpc) is 2.92. The summed E-state index contributed by atoms with van der Waals surface area (Å²) in [6, 6.07) is 14.3. The highest BCUT2D eigenvalue weighted by atomic mass is 35.5. The molecule has 1 amide bonds. The number of ether oxygens (including phenoxy) is 1. The van der Waals surface area contributed by atoms with Crippen molar-refractivity contribution in [2.24, 2.45) is 0 Å². The van der Waals surface area contributed by atoms with Crippen LogP contribution in [0.5, 0.6) is 5.75 Å². The first-order valence-corrected chi connectivity index (χ1v) is 9.21. The van der Waals surface area contributed by atoms with E-state index >= 15 is 0 Å². The second kappa shape index (κ2) is 8.72. The molecule has 2 aromatic rings. The van der Waals surface area contributed by atoms with E-state index in [-0.39, 0.29) is 24.1 Å². The summed E-state index contributed by atoms with van der Waals surface area (Å²) in [5, 5.41) is 3.42. The van der Waals surface area contributed by atoms with Crippen molar-refractivity contribution >= 4 is 18.3 Å². The van der Waals surface area contributed by atoms with Crippen LogP contribution < -0.4 is 10.1 Å². The van der Waals surface area contributed by atoms with Crippen molar-refractivity contribution in [2.45, 2.75) is 38.0 Å². The van der Waals surface area contributed by atoms with Crippen molar-refractivity contribution in [3.63, 3.8) is 0 Å². The Balaban J connectivity index is 0.00000210. The van der Waals surface area contributed by atoms with E-state index in [0.717, 1.165) is 37.9 Å². The lowest BCUT2D eigenvalue weighted by Gasteiger charge is -2.28. The van der Waals surface area contributed by atoms with E-state index in [0.29, 0.717) is 30.0 Å². The number of benzene rings is 2. The highest BCUT2D eigenvalue weighted by Gasteiger charge is 2.38. The number of carbonyl (C=O) groups excluding carboxylic acids is 1. The molecule has 2 aliphatic heterocycles. The molecule has 0 aliphatic carbocycles. The maximum Gasteiger partial charge on any atom is 0.254 e. The summed E-state index contributed by atoms with van der Waals surface area (Å²) in [7, 11) is 0. The maximum atomic E-state index is 13.2. The molecule has 2 saturated heterocycles. The van der Waals surface area contributed by atoms with Gasteiger partial charge in [0.2, 0.25) is 0 Å². The minimum atomic E-state index is -0.323. The van der Waals surface area contributed by atoms with Gasteiger partial charge in [-0.3, -0.25) is 4.79 Å². The normalized spacial score (nSPS) is 21.3. The number of hydrogen-bond donors (Lipinski definition) is 1. The number of nitrogens with one attached hydrogen (secondary N) is 1. The van der Waals surface area contributed by atoms with Gasteiger partial charge in [-0.25, -0.2) is 4.39 Å². The van der Waals surface area contributed by atoms with Crippen LogP contribution in [0.25, 0.3) is 0 Å². The van der Waals surface area contributed by atoms with Gasteiger partial charge in [0.15, 0.2) is 0 Å². The zero-order chi connectivity index (χ0) is 17.9. The molecule has 4 rings (SSSR count). The molecule has 2 fully saturated rings. The lowest BCUT2D eigenvalue weighted by Crippen LogP contribution is -2.42. The van der Waals surface area contributed by atoms with E-state index in [9.17, 15) is 9.18 Å². The minimum absolute atomic E-state index is 0. The van der Waals surface area contributed by atoms with Crippen molar-refractivity contribution in [2.75, 3.05) is 13.1 Å². The topological polar surface area (TPSA) is 41.6 Å². The van der Waals surface area contributed by atoms with Crippen molar-refractivity contribution in [3.8, 4) is 5.75 Å². The largest absolute Gasteiger partial charge is 0.489 e. The van der Waals surface area contributed by atoms with Crippen LogP contribution in [0, 0.1) is 5.82 Å². The van der Waals surface area contributed by atoms with E-state index in [1.807, 2.05) is 24.3 Å². The van der Waals surface area contributed by atoms with Gasteiger partial charge in [0.05, 0.1) is 0 Å². The summed E-state index contributed by atoms with van der Waals surface area (Å²) >= 11 is 0. The molecule has 0 aromatic heterocycles. The Morgan fingerprint density at radius 3 is 2.78 bits per heavy atom. The van der Waals surface area contributed by atoms with Crippen LogP contribution in [-0.2, 0) is 6.61 Å². The second-order valence-electron chi connectivity index (χ2n) is 7.04. The molecule has 2 atom stereocenters. The number of rotatable bonds is 4. The van der Waals surface area contributed by atoms with Crippen molar-refractivity contribution in [1.82, 2.24) is 10.2 Å². The van der Waals surface area contributed by atoms with Crippen LogP contribution >= 0.6 is 12.4 Å². The summed E-state index contributed by atoms with van der Waals surface area (Å²) in [6.45, 7) is 2.16. The van der Waals surface area contributed by atoms with Gasteiger partial charge < -0.3 is 15.0 Å². The molecule has 2 heterocycles. The third-order valence-electron chi connectivity index (χ3n) is 5.26. The van der Waals surface area contributed by atoms with Crippen LogP contribution in [0.4, 0.5) is 4.39 Å². The quantitative estimate of drug-likeness (QED) is 0.863. The highest BCUT2D eigenvalue weighted by Crippen LogP contribution is 2.29. The lowest BCUT2D eigenvalue weighted by atomic mass is 10.1. The molecular weight excluding hydrogens is 367 g/mol. The van der Waals surface area contributed by atoms with Gasteiger partial charge in [-0.2, -0.15) is 0 Å². The molecule has 0 saturated carbocycles. The Bertz CT molecular complexity index is 787. The Kier molecular flexibility index (Phi) is 6.34. The number of nitrogens with zero attached hydrogens (tertiary/aromatic N) is 1. The van der Waals surface area contributed by atoms with Crippen LogP contribution in [0.2, 0.25) is 0 Å². The van der Waals surface area contributed by atoms with Crippen molar-refractivity contribution < 1.29 is 13.9 Å². The first-order valence-electron chi connectivity index (χ1n) is 9.21. The Hall–Kier alpha value is -2.11. The van der Waals surface area contributed by atoms with Gasteiger partial charge in [-0.1, -0.05) is 18.2 Å². The van der Waals surface area contributed by atoms with Crippen LogP contribution in [0.3, 0.4) is 0 Å². The van der Waals surface area contributed by atoms with Gasteiger partial charge in [0.1, 0.15) is 18.2 Å². The molecule has 27 heavy (non-hydrogen) atoms. The molecule has 6 heteroatoms. The fourth-order valence-electron chi connectivity index (χ4n) is 3.98. The summed E-state index contributed by atoms with van der Waals surface area (Å²) in [5.41, 5.74) is 1.60. The minimum Gasteiger partial charge on any atom is -0.489 e. The van der Waals surface area contributed by atoms with E-state index < -0.39 is 0 Å². The number of halogens is 2. The van der Waals surface area contributed by atoms with Crippen LogP contribution in [-0.4, -0.2) is 36.0 Å². The first kappa shape index (κ1) is 19.6. The predicted molar refractivity (Wildman–Crippen MR) is 105 cm³/mol. The lowest BCUT2D eigenvalue weighted by molar-refractivity contribution is 0.0680. The Labute approximate surface area is 165 Å². The zero-order valence-electron chi connectivity index (χ0n) is 15.1. The molecule has 4 nitrogen and oxygen atoms in total. The van der Waals surface area contributed by atoms with E-state index in [2.05, 4.69) is 10.2 Å². The molecule has 2 bridgehead atoms. The highest BCUT2D eigenvalue weighted by molar-refractivity contribution is 5.95. The fourth-order valence-corrected chi connectivity index (χ4v) is 3.98. The smallest absolute Gasteiger partial charge is 0.254 e. The fraction of sp³-hybridized carbons (Fsp3) is 0.381. The van der Waals surface area contributed by atoms with Gasteiger partial charge >= 0.3 is 0 Å². The maximum absolute atomic E-state index is 13.2. The van der Waals surface area contributed by atoms with Crippen LogP contribution in [0.1, 0.15) is 35.2 Å². The number of fused-ring (bicyclic) bond motifs is 2. The standard InChI is InChI=1S/C21H23FN2O2.ClH/c22-17-5-2-6-20(12-17)26-14-15-3-1-4-16(11-15)21(25)24-18-7-8-19(24)13-23-10-9-18;/h1-6,11-12,18-19,23H,7-10,13-14H2;1H. The van der Waals surface area contributed by atoms with E-state index in [4.69, 9.17) is 4.74 Å². The zero-order valence-corrected chi connectivity index (χ0v) is 15.9. The first-order chi connectivity index (χ1) is 12.7. The molecular formula is C21H24ClFN2O2. The monoisotopic (exact) mass is 390 g/mol. The third-order valence-corrected chi connectivity index (χ3v) is 5.26. The Morgan fingerprint density at radius 2 is 1.93 bits per heavy atom. The second-order valence-corrected chi connectivity index (χ2v) is 7.04. The Morgan fingerprint density at radius 1 is 1.11 bits per heavy atom.